The number of benzene rings is 1. The van der Waals surface area contributed by atoms with Crippen LogP contribution >= 0.6 is 0 Å². The number of nitrogens with one attached hydrogen (secondary N) is 1. The maximum atomic E-state index is 12.0. The molecule has 0 aliphatic carbocycles. The standard InChI is InChI=1S/C15H15N3O/c1-18-10-16-9-14(18)13-8-17-15(19)12(13)7-11-5-3-2-4-6-11/h2-7,9-10,13H,8H2,1H3,(H,17,19)/b12-7+/t13-/m1/s1. The van der Waals surface area contributed by atoms with E-state index in [9.17, 15) is 4.79 Å². The zero-order chi connectivity index (χ0) is 13.2. The molecule has 1 aromatic heterocycles. The van der Waals surface area contributed by atoms with Crippen molar-refractivity contribution < 1.29 is 4.79 Å². The van der Waals surface area contributed by atoms with Gasteiger partial charge < -0.3 is 9.88 Å². The molecule has 1 aromatic carbocycles. The molecule has 96 valence electrons. The summed E-state index contributed by atoms with van der Waals surface area (Å²) in [5, 5.41) is 2.91. The zero-order valence-corrected chi connectivity index (χ0v) is 10.7. The van der Waals surface area contributed by atoms with Crippen LogP contribution < -0.4 is 5.32 Å². The van der Waals surface area contributed by atoms with Gasteiger partial charge in [-0.1, -0.05) is 30.3 Å². The molecule has 1 N–H and O–H groups in total. The normalized spacial score (nSPS) is 20.8. The molecule has 0 bridgehead atoms. The van der Waals surface area contributed by atoms with Gasteiger partial charge in [0.15, 0.2) is 0 Å². The third-order valence-corrected chi connectivity index (χ3v) is 3.44. The molecule has 1 aliphatic heterocycles. The average molecular weight is 253 g/mol. The highest BCUT2D eigenvalue weighted by molar-refractivity contribution is 6.01. The van der Waals surface area contributed by atoms with Gasteiger partial charge in [-0.2, -0.15) is 0 Å². The van der Waals surface area contributed by atoms with E-state index in [1.807, 2.05) is 54.2 Å². The summed E-state index contributed by atoms with van der Waals surface area (Å²) >= 11 is 0. The Kier molecular flexibility index (Phi) is 2.91. The lowest BCUT2D eigenvalue weighted by Crippen LogP contribution is -2.14. The maximum Gasteiger partial charge on any atom is 0.248 e. The lowest BCUT2D eigenvalue weighted by Gasteiger charge is -2.10. The zero-order valence-electron chi connectivity index (χ0n) is 10.7. The first-order valence-corrected chi connectivity index (χ1v) is 6.27. The van der Waals surface area contributed by atoms with Crippen molar-refractivity contribution >= 4 is 12.0 Å². The average Bonchev–Trinajstić information content (AvgIpc) is 2.99. The number of nitrogens with zero attached hydrogens (tertiary/aromatic N) is 2. The van der Waals surface area contributed by atoms with Crippen molar-refractivity contribution in [2.24, 2.45) is 7.05 Å². The summed E-state index contributed by atoms with van der Waals surface area (Å²) in [5.74, 6) is 0.0789. The molecule has 0 spiro atoms. The Labute approximate surface area is 111 Å². The van der Waals surface area contributed by atoms with Gasteiger partial charge in [-0.25, -0.2) is 4.98 Å². The summed E-state index contributed by atoms with van der Waals surface area (Å²) in [7, 11) is 1.95. The number of carbonyl (C=O) groups is 1. The van der Waals surface area contributed by atoms with E-state index in [1.54, 1.807) is 6.33 Å². The fraction of sp³-hybridized carbons (Fsp3) is 0.200. The molecule has 3 rings (SSSR count). The number of carbonyl (C=O) groups excluding carboxylic acids is 1. The minimum atomic E-state index is 0.00931. The monoisotopic (exact) mass is 253 g/mol. The summed E-state index contributed by atoms with van der Waals surface area (Å²) in [6.07, 6.45) is 5.54. The molecule has 4 heteroatoms. The Bertz CT molecular complexity index is 628. The van der Waals surface area contributed by atoms with Crippen LogP contribution in [0.2, 0.25) is 0 Å². The number of amides is 1. The van der Waals surface area contributed by atoms with E-state index in [-0.39, 0.29) is 11.8 Å². The summed E-state index contributed by atoms with van der Waals surface area (Å²) < 4.78 is 1.96. The summed E-state index contributed by atoms with van der Waals surface area (Å²) in [6.45, 7) is 0.636. The molecule has 2 heterocycles. The Morgan fingerprint density at radius 3 is 2.84 bits per heavy atom. The lowest BCUT2D eigenvalue weighted by atomic mass is 9.97. The van der Waals surface area contributed by atoms with Crippen LogP contribution in [0.4, 0.5) is 0 Å². The second kappa shape index (κ2) is 4.72. The predicted octanol–water partition coefficient (Wildman–Crippen LogP) is 1.72. The van der Waals surface area contributed by atoms with Crippen LogP contribution in [-0.4, -0.2) is 22.0 Å². The number of aromatic nitrogens is 2. The highest BCUT2D eigenvalue weighted by atomic mass is 16.2. The van der Waals surface area contributed by atoms with Crippen molar-refractivity contribution in [3.05, 3.63) is 59.7 Å². The largest absolute Gasteiger partial charge is 0.351 e. The Balaban J connectivity index is 2.00. The Morgan fingerprint density at radius 1 is 1.37 bits per heavy atom. The molecule has 4 nitrogen and oxygen atoms in total. The van der Waals surface area contributed by atoms with Gasteiger partial charge in [0, 0.05) is 37.0 Å². The topological polar surface area (TPSA) is 46.9 Å². The van der Waals surface area contributed by atoms with Gasteiger partial charge in [0.1, 0.15) is 0 Å². The fourth-order valence-electron chi connectivity index (χ4n) is 2.43. The molecule has 19 heavy (non-hydrogen) atoms. The first kappa shape index (κ1) is 11.7. The van der Waals surface area contributed by atoms with Crippen molar-refractivity contribution in [1.29, 1.82) is 0 Å². The van der Waals surface area contributed by atoms with Gasteiger partial charge >= 0.3 is 0 Å². The predicted molar refractivity (Wildman–Crippen MR) is 73.4 cm³/mol. The van der Waals surface area contributed by atoms with Gasteiger partial charge in [0.2, 0.25) is 5.91 Å². The smallest absolute Gasteiger partial charge is 0.248 e. The highest BCUT2D eigenvalue weighted by Crippen LogP contribution is 2.29. The second-order valence-electron chi connectivity index (χ2n) is 4.70. The molecule has 0 radical (unpaired) electrons. The van der Waals surface area contributed by atoms with Crippen LogP contribution in [0.25, 0.3) is 6.08 Å². The molecular weight excluding hydrogens is 238 g/mol. The number of hydrogen-bond acceptors (Lipinski definition) is 2. The number of rotatable bonds is 2. The number of hydrogen-bond donors (Lipinski definition) is 1. The van der Waals surface area contributed by atoms with Crippen LogP contribution in [0.1, 0.15) is 17.2 Å². The van der Waals surface area contributed by atoms with Crippen LogP contribution in [0, 0.1) is 0 Å². The molecule has 2 aromatic rings. The van der Waals surface area contributed by atoms with E-state index < -0.39 is 0 Å². The summed E-state index contributed by atoms with van der Waals surface area (Å²) in [6, 6.07) is 9.91. The van der Waals surface area contributed by atoms with Crippen molar-refractivity contribution in [1.82, 2.24) is 14.9 Å². The minimum absolute atomic E-state index is 0.00931. The van der Waals surface area contributed by atoms with Gasteiger partial charge in [-0.05, 0) is 11.6 Å². The van der Waals surface area contributed by atoms with Crippen molar-refractivity contribution in [3.8, 4) is 0 Å². The second-order valence-corrected chi connectivity index (χ2v) is 4.70. The quantitative estimate of drug-likeness (QED) is 0.828. The van der Waals surface area contributed by atoms with Gasteiger partial charge in [-0.15, -0.1) is 0 Å². The number of aryl methyl sites for hydroxylation is 1. The first-order chi connectivity index (χ1) is 9.25. The number of imidazole rings is 1. The molecule has 0 unspecified atom stereocenters. The fourth-order valence-corrected chi connectivity index (χ4v) is 2.43. The van der Waals surface area contributed by atoms with Gasteiger partial charge in [0.25, 0.3) is 0 Å². The minimum Gasteiger partial charge on any atom is -0.351 e. The molecule has 1 amide bonds. The van der Waals surface area contributed by atoms with E-state index in [0.717, 1.165) is 16.8 Å². The Morgan fingerprint density at radius 2 is 2.16 bits per heavy atom. The molecular formula is C15H15N3O. The van der Waals surface area contributed by atoms with E-state index in [4.69, 9.17) is 0 Å². The van der Waals surface area contributed by atoms with Crippen LogP contribution in [0.15, 0.2) is 48.4 Å². The third kappa shape index (κ3) is 2.17. The van der Waals surface area contributed by atoms with Gasteiger partial charge in [-0.3, -0.25) is 4.79 Å². The maximum absolute atomic E-state index is 12.0. The van der Waals surface area contributed by atoms with E-state index in [2.05, 4.69) is 10.3 Å². The molecule has 0 saturated carbocycles. The van der Waals surface area contributed by atoms with Crippen LogP contribution in [0.3, 0.4) is 0 Å². The summed E-state index contributed by atoms with van der Waals surface area (Å²) in [5.41, 5.74) is 2.90. The van der Waals surface area contributed by atoms with Crippen LogP contribution in [0.5, 0.6) is 0 Å². The van der Waals surface area contributed by atoms with Gasteiger partial charge in [0.05, 0.1) is 6.33 Å². The summed E-state index contributed by atoms with van der Waals surface area (Å²) in [4.78, 5) is 16.1. The SMILES string of the molecule is Cn1cncc1[C@@H]1CNC(=O)/C1=C/c1ccccc1. The molecule has 1 fully saturated rings. The Hall–Kier alpha value is -2.36. The molecule has 1 atom stereocenters. The van der Waals surface area contributed by atoms with Crippen LogP contribution in [-0.2, 0) is 11.8 Å². The third-order valence-electron chi connectivity index (χ3n) is 3.44. The van der Waals surface area contributed by atoms with Crippen molar-refractivity contribution in [2.45, 2.75) is 5.92 Å². The molecule has 1 aliphatic rings. The van der Waals surface area contributed by atoms with E-state index >= 15 is 0 Å². The van der Waals surface area contributed by atoms with E-state index in [1.165, 1.54) is 0 Å². The van der Waals surface area contributed by atoms with Crippen molar-refractivity contribution in [3.63, 3.8) is 0 Å². The highest BCUT2D eigenvalue weighted by Gasteiger charge is 2.31. The lowest BCUT2D eigenvalue weighted by molar-refractivity contribution is -0.116. The van der Waals surface area contributed by atoms with E-state index in [0.29, 0.717) is 6.54 Å². The van der Waals surface area contributed by atoms with Crippen molar-refractivity contribution in [2.75, 3.05) is 6.54 Å². The molecule has 1 saturated heterocycles. The first-order valence-electron chi connectivity index (χ1n) is 6.27.